The van der Waals surface area contributed by atoms with E-state index in [1.165, 1.54) is 0 Å². The first-order valence-electron chi connectivity index (χ1n) is 1.99. The molecule has 5 heteroatoms. The lowest BCUT2D eigenvalue weighted by Crippen LogP contribution is -2.20. The van der Waals surface area contributed by atoms with Crippen LogP contribution in [0.15, 0.2) is 0 Å². The smallest absolute Gasteiger partial charge is 0.322 e. The number of hydrogen-bond donors (Lipinski definition) is 0. The molecular weight excluding hydrogens is 140 g/mol. The zero-order valence-corrected chi connectivity index (χ0v) is 5.13. The summed E-state index contributed by atoms with van der Waals surface area (Å²) in [5, 5.41) is 0. The molecule has 0 N–H and O–H groups in total. The molecule has 0 saturated carbocycles. The van der Waals surface area contributed by atoms with E-state index in [1.54, 1.807) is 0 Å². The van der Waals surface area contributed by atoms with Gasteiger partial charge in [0.25, 0.3) is 0 Å². The van der Waals surface area contributed by atoms with Crippen LogP contribution in [0.4, 0.5) is 17.6 Å². The number of alkyl halides is 4. The summed E-state index contributed by atoms with van der Waals surface area (Å²) in [4.78, 5) is 0. The molecule has 0 aromatic rings. The lowest BCUT2D eigenvalue weighted by molar-refractivity contribution is -0.229. The van der Waals surface area contributed by atoms with E-state index in [1.807, 2.05) is 0 Å². The molecule has 0 amide bonds. The summed E-state index contributed by atoms with van der Waals surface area (Å²) in [6.45, 7) is -1.76. The van der Waals surface area contributed by atoms with E-state index >= 15 is 0 Å². The zero-order valence-electron chi connectivity index (χ0n) is 5.13. The van der Waals surface area contributed by atoms with Gasteiger partial charge in [0.05, 0.1) is 7.18 Å². The third-order valence-electron chi connectivity index (χ3n) is 0.454. The van der Waals surface area contributed by atoms with Gasteiger partial charge in [-0.2, -0.15) is 8.78 Å². The fraction of sp³-hybridized carbons (Fsp3) is 1.00. The van der Waals surface area contributed by atoms with Crippen molar-refractivity contribution in [2.24, 2.45) is 0 Å². The van der Waals surface area contributed by atoms with Gasteiger partial charge < -0.3 is 4.74 Å². The molecule has 9 heavy (non-hydrogen) atoms. The summed E-state index contributed by atoms with van der Waals surface area (Å²) >= 11 is 0. The maximum Gasteiger partial charge on any atom is 0.383 e. The molecule has 0 spiro atoms. The molecule has 0 heterocycles. The van der Waals surface area contributed by atoms with Crippen LogP contribution in [0.1, 0.15) is 0 Å². The second kappa shape index (κ2) is 5.81. The Kier molecular flexibility index (Phi) is 7.41. The van der Waals surface area contributed by atoms with Gasteiger partial charge in [-0.25, -0.2) is 4.39 Å². The van der Waals surface area contributed by atoms with Gasteiger partial charge in [0, 0.05) is 7.11 Å². The van der Waals surface area contributed by atoms with Gasteiger partial charge in [-0.15, -0.1) is 0 Å². The van der Waals surface area contributed by atoms with Gasteiger partial charge in [-0.05, 0) is 0 Å². The highest BCUT2D eigenvalue weighted by Gasteiger charge is 2.27. The molecule has 0 fully saturated rings. The highest BCUT2D eigenvalue weighted by atomic mass is 19.3. The van der Waals surface area contributed by atoms with E-state index in [9.17, 15) is 17.6 Å². The van der Waals surface area contributed by atoms with Crippen molar-refractivity contribution in [3.05, 3.63) is 0 Å². The van der Waals surface area contributed by atoms with Crippen molar-refractivity contribution in [1.29, 1.82) is 0 Å². The van der Waals surface area contributed by atoms with Gasteiger partial charge in [0.15, 0.2) is 6.67 Å². The van der Waals surface area contributed by atoms with Crippen molar-refractivity contribution in [3.63, 3.8) is 0 Å². The Morgan fingerprint density at radius 1 is 1.33 bits per heavy atom. The fourth-order valence-corrected chi connectivity index (χ4v) is 0.0546. The van der Waals surface area contributed by atoms with Gasteiger partial charge in [0.1, 0.15) is 0 Å². The lowest BCUT2D eigenvalue weighted by Gasteiger charge is -2.06. The second-order valence-corrected chi connectivity index (χ2v) is 0.975. The number of methoxy groups -OCH3 is 1. The molecule has 0 aromatic heterocycles. The van der Waals surface area contributed by atoms with Crippen LogP contribution >= 0.6 is 0 Å². The van der Waals surface area contributed by atoms with Gasteiger partial charge in [-0.3, -0.25) is 4.39 Å². The topological polar surface area (TPSA) is 9.23 Å². The zero-order chi connectivity index (χ0) is 7.91. The molecule has 0 unspecified atom stereocenters. The minimum atomic E-state index is -3.58. The van der Waals surface area contributed by atoms with E-state index in [0.29, 0.717) is 7.18 Å². The summed E-state index contributed by atoms with van der Waals surface area (Å²) in [5.41, 5.74) is 0. The first-order valence-corrected chi connectivity index (χ1v) is 1.99. The maximum atomic E-state index is 11.3. The highest BCUT2D eigenvalue weighted by molar-refractivity contribution is 4.43. The van der Waals surface area contributed by atoms with Gasteiger partial charge in [0.2, 0.25) is 0 Å². The van der Waals surface area contributed by atoms with Crippen molar-refractivity contribution in [2.45, 2.75) is 6.11 Å². The molecular formula is C4H8F4O. The average molecular weight is 148 g/mol. The lowest BCUT2D eigenvalue weighted by atomic mass is 10.7. The van der Waals surface area contributed by atoms with Crippen LogP contribution in [0.2, 0.25) is 0 Å². The summed E-state index contributed by atoms with van der Waals surface area (Å²) in [6.07, 6.45) is -3.58. The van der Waals surface area contributed by atoms with Crippen LogP contribution < -0.4 is 0 Å². The number of hydrogen-bond acceptors (Lipinski definition) is 1. The summed E-state index contributed by atoms with van der Waals surface area (Å²) in [5.74, 6) is 0. The minimum Gasteiger partial charge on any atom is -0.322 e. The monoisotopic (exact) mass is 148 g/mol. The highest BCUT2D eigenvalue weighted by Crippen LogP contribution is 2.12. The van der Waals surface area contributed by atoms with E-state index in [2.05, 4.69) is 4.74 Å². The quantitative estimate of drug-likeness (QED) is 0.542. The second-order valence-electron chi connectivity index (χ2n) is 0.975. The Bertz CT molecular complexity index is 50.5. The molecule has 0 bridgehead atoms. The van der Waals surface area contributed by atoms with Gasteiger partial charge in [-0.1, -0.05) is 0 Å². The molecule has 0 radical (unpaired) electrons. The fourth-order valence-electron chi connectivity index (χ4n) is 0.0546. The van der Waals surface area contributed by atoms with Crippen LogP contribution in [0.25, 0.3) is 0 Å². The summed E-state index contributed by atoms with van der Waals surface area (Å²) < 4.78 is 46.3. The third-order valence-corrected chi connectivity index (χ3v) is 0.454. The van der Waals surface area contributed by atoms with E-state index in [4.69, 9.17) is 0 Å². The van der Waals surface area contributed by atoms with Crippen LogP contribution in [0.5, 0.6) is 0 Å². The predicted octanol–water partition coefficient (Wildman–Crippen LogP) is 1.78. The molecule has 0 aliphatic carbocycles. The van der Waals surface area contributed by atoms with Crippen LogP contribution in [-0.4, -0.2) is 27.1 Å². The third kappa shape index (κ3) is 7.68. The Balaban J connectivity index is 0. The molecule has 0 aliphatic heterocycles. The van der Waals surface area contributed by atoms with E-state index < -0.39 is 12.8 Å². The van der Waals surface area contributed by atoms with Crippen molar-refractivity contribution < 1.29 is 22.3 Å². The van der Waals surface area contributed by atoms with Crippen molar-refractivity contribution in [1.82, 2.24) is 0 Å². The molecule has 0 atom stereocenters. The molecule has 0 rings (SSSR count). The minimum absolute atomic E-state index is 0.500. The Morgan fingerprint density at radius 3 is 1.67 bits per heavy atom. The molecule has 58 valence electrons. The standard InChI is InChI=1S/C3H5F3O.CH3F/c1-7-3(5,6)2-4;1-2/h2H2,1H3;1H3. The molecule has 0 aromatic carbocycles. The first kappa shape index (κ1) is 11.5. The van der Waals surface area contributed by atoms with Crippen LogP contribution in [0.3, 0.4) is 0 Å². The Morgan fingerprint density at radius 2 is 1.67 bits per heavy atom. The van der Waals surface area contributed by atoms with Crippen molar-refractivity contribution >= 4 is 0 Å². The SMILES string of the molecule is CF.COC(F)(F)CF. The number of halogens is 4. The summed E-state index contributed by atoms with van der Waals surface area (Å²) in [6, 6.07) is 0. The van der Waals surface area contributed by atoms with Crippen molar-refractivity contribution in [3.8, 4) is 0 Å². The molecule has 0 saturated heterocycles. The largest absolute Gasteiger partial charge is 0.383 e. The van der Waals surface area contributed by atoms with E-state index in [0.717, 1.165) is 7.11 Å². The average Bonchev–Trinajstić information content (AvgIpc) is 1.93. The Labute approximate surface area is 50.6 Å². The Hall–Kier alpha value is -0.320. The van der Waals surface area contributed by atoms with Crippen LogP contribution in [-0.2, 0) is 4.74 Å². The maximum absolute atomic E-state index is 11.3. The summed E-state index contributed by atoms with van der Waals surface area (Å²) in [7, 11) is 1.25. The van der Waals surface area contributed by atoms with Crippen molar-refractivity contribution in [2.75, 3.05) is 21.0 Å². The molecule has 0 aliphatic rings. The van der Waals surface area contributed by atoms with E-state index in [-0.39, 0.29) is 0 Å². The number of rotatable bonds is 2. The normalized spacial score (nSPS) is 10.0. The first-order chi connectivity index (χ1) is 4.12. The number of ether oxygens (including phenoxy) is 1. The van der Waals surface area contributed by atoms with Gasteiger partial charge >= 0.3 is 6.11 Å². The molecule has 1 nitrogen and oxygen atoms in total. The van der Waals surface area contributed by atoms with Crippen LogP contribution in [0, 0.1) is 0 Å². The predicted molar refractivity (Wildman–Crippen MR) is 25.0 cm³/mol.